The third kappa shape index (κ3) is 18.6. The summed E-state index contributed by atoms with van der Waals surface area (Å²) >= 11 is 10.1. The van der Waals surface area contributed by atoms with Crippen LogP contribution >= 0.6 is 46.5 Å². The Labute approximate surface area is 420 Å². The van der Waals surface area contributed by atoms with Crippen molar-refractivity contribution in [1.82, 2.24) is 31.5 Å². The minimum atomic E-state index is -1.49. The van der Waals surface area contributed by atoms with Gasteiger partial charge in [0.2, 0.25) is 41.4 Å². The van der Waals surface area contributed by atoms with E-state index in [4.69, 9.17) is 28.8 Å². The standard InChI is InChI=1S/C46H65ClN10O9S3/c1-4-51-41(62)33(10-5-15-52-46(49)50)53-43(64)36-24-68-25-57(36)45(66)29-20-37(59)34(22-38(48)60)54-44(65)39(26(2)3)56-42(63)35(21-32-9-7-17-69-32)55-40(61)28(18-27-11-13-30(47)14-12-27)19-31(58)8-6-16-67-23-29/h7,9,11-14,17,26,28-29,33-36,39H,4-6,8,10,15-16,18-25H2,1-3H3,(H2,48,60)(H,51,62)(H,53,64)(H,54,65)(H,55,61)(H,56,63)(H4,49,50,52)/t28-,29+,33-,34+,35+,36+,39+/m1/s1. The van der Waals surface area contributed by atoms with Gasteiger partial charge in [-0.05, 0) is 73.4 Å². The Kier molecular flexibility index (Phi) is 23.3. The third-order valence-electron chi connectivity index (χ3n) is 11.5. The SMILES string of the molecule is CCNC(=O)[C@@H](CCCN=C(N)N)NC(=O)[C@@H]1CSCN1C(=O)[C@@H]1CSCCCC(=O)C[C@@H](Cc2ccc(Cl)cc2)C(=O)N[C@@H](Cc2cccs2)C(=O)N[C@@H](C(C)C)C(=O)N[C@@H](CC(N)=O)C(=O)C1. The van der Waals surface area contributed by atoms with Crippen molar-refractivity contribution >= 4 is 105 Å². The smallest absolute Gasteiger partial charge is 0.244 e. The molecular weight excluding hydrogens is 968 g/mol. The Morgan fingerprint density at radius 1 is 0.899 bits per heavy atom. The number of nitrogens with zero attached hydrogens (tertiary/aromatic N) is 2. The topological polar surface area (TPSA) is 307 Å². The molecule has 0 unspecified atom stereocenters. The zero-order valence-corrected chi connectivity index (χ0v) is 42.4. The van der Waals surface area contributed by atoms with Crippen molar-refractivity contribution in [1.29, 1.82) is 0 Å². The normalized spacial score (nSPS) is 23.0. The molecule has 7 amide bonds. The summed E-state index contributed by atoms with van der Waals surface area (Å²) in [7, 11) is 0. The van der Waals surface area contributed by atoms with Gasteiger partial charge in [-0.15, -0.1) is 23.1 Å². The lowest BCUT2D eigenvalue weighted by molar-refractivity contribution is -0.143. The number of aliphatic imine (C=N–C) groups is 1. The summed E-state index contributed by atoms with van der Waals surface area (Å²) in [4.78, 5) is 130. The second-order valence-corrected chi connectivity index (χ2v) is 21.0. The van der Waals surface area contributed by atoms with Gasteiger partial charge in [-0.2, -0.15) is 11.8 Å². The molecule has 69 heavy (non-hydrogen) atoms. The fourth-order valence-corrected chi connectivity index (χ4v) is 10.9. The quantitative estimate of drug-likeness (QED) is 0.0672. The Hall–Kier alpha value is -5.19. The first kappa shape index (κ1) is 56.4. The molecule has 1 aromatic heterocycles. The van der Waals surface area contributed by atoms with Crippen LogP contribution in [0.5, 0.6) is 0 Å². The lowest BCUT2D eigenvalue weighted by Gasteiger charge is -2.30. The average Bonchev–Trinajstić information content (AvgIpc) is 4.01. The predicted molar refractivity (Wildman–Crippen MR) is 269 cm³/mol. The zero-order chi connectivity index (χ0) is 50.6. The van der Waals surface area contributed by atoms with E-state index in [9.17, 15) is 43.2 Å². The fourth-order valence-electron chi connectivity index (χ4n) is 7.81. The van der Waals surface area contributed by atoms with Crippen molar-refractivity contribution in [3.05, 3.63) is 57.2 Å². The summed E-state index contributed by atoms with van der Waals surface area (Å²) in [5, 5.41) is 16.0. The minimum Gasteiger partial charge on any atom is -0.370 e. The molecule has 2 aliphatic rings. The predicted octanol–water partition coefficient (Wildman–Crippen LogP) is 1.43. The Morgan fingerprint density at radius 3 is 2.28 bits per heavy atom. The molecule has 2 aliphatic heterocycles. The van der Waals surface area contributed by atoms with Crippen LogP contribution in [0.15, 0.2) is 46.8 Å². The van der Waals surface area contributed by atoms with Gasteiger partial charge >= 0.3 is 0 Å². The summed E-state index contributed by atoms with van der Waals surface area (Å²) in [6.45, 7) is 5.62. The summed E-state index contributed by atoms with van der Waals surface area (Å²) < 4.78 is 0. The maximum absolute atomic E-state index is 14.6. The van der Waals surface area contributed by atoms with E-state index < -0.39 is 108 Å². The van der Waals surface area contributed by atoms with Crippen molar-refractivity contribution < 1.29 is 43.2 Å². The highest BCUT2D eigenvalue weighted by molar-refractivity contribution is 7.99. The van der Waals surface area contributed by atoms with E-state index in [2.05, 4.69) is 31.6 Å². The van der Waals surface area contributed by atoms with E-state index in [-0.39, 0.29) is 67.8 Å². The van der Waals surface area contributed by atoms with E-state index in [1.807, 2.05) is 5.38 Å². The highest BCUT2D eigenvalue weighted by atomic mass is 35.5. The second kappa shape index (κ2) is 28.5. The minimum absolute atomic E-state index is 0.0652. The molecule has 0 saturated carbocycles. The average molecular weight is 1030 g/mol. The number of Topliss-reactive ketones (excluding diaryl/α,β-unsaturated/α-hetero) is 2. The Balaban J connectivity index is 1.65. The van der Waals surface area contributed by atoms with Crippen LogP contribution in [-0.4, -0.2) is 130 Å². The molecule has 19 nitrogen and oxygen atoms in total. The molecule has 378 valence electrons. The largest absolute Gasteiger partial charge is 0.370 e. The highest BCUT2D eigenvalue weighted by Crippen LogP contribution is 2.28. The molecule has 0 aliphatic carbocycles. The number of thioether (sulfide) groups is 2. The number of primary amides is 1. The number of ketones is 2. The fraction of sp³-hybridized carbons (Fsp3) is 0.565. The number of nitrogens with one attached hydrogen (secondary N) is 5. The van der Waals surface area contributed by atoms with Crippen LogP contribution in [-0.2, 0) is 56.0 Å². The number of hydrogen-bond acceptors (Lipinski definition) is 13. The number of likely N-dealkylation sites (N-methyl/N-ethyl adjacent to an activating group) is 1. The lowest BCUT2D eigenvalue weighted by Crippen LogP contribution is -2.58. The van der Waals surface area contributed by atoms with Crippen LogP contribution in [0.25, 0.3) is 0 Å². The summed E-state index contributed by atoms with van der Waals surface area (Å²) in [6, 6.07) is 4.63. The van der Waals surface area contributed by atoms with E-state index >= 15 is 0 Å². The summed E-state index contributed by atoms with van der Waals surface area (Å²) in [6.07, 6.45) is 0.0953. The molecule has 0 bridgehead atoms. The van der Waals surface area contributed by atoms with Crippen molar-refractivity contribution in [3.8, 4) is 0 Å². The number of amides is 7. The molecule has 2 aromatic rings. The van der Waals surface area contributed by atoms with E-state index in [1.54, 1.807) is 57.2 Å². The van der Waals surface area contributed by atoms with Crippen LogP contribution in [0.3, 0.4) is 0 Å². The van der Waals surface area contributed by atoms with Crippen LogP contribution in [0.2, 0.25) is 5.02 Å². The van der Waals surface area contributed by atoms with Crippen LogP contribution in [0, 0.1) is 17.8 Å². The first-order valence-electron chi connectivity index (χ1n) is 23.0. The summed E-state index contributed by atoms with van der Waals surface area (Å²) in [5.74, 6) is -7.19. The molecule has 0 radical (unpaired) electrons. The molecule has 0 spiro atoms. The highest BCUT2D eigenvalue weighted by Gasteiger charge is 2.41. The molecule has 2 fully saturated rings. The molecule has 3 heterocycles. The molecule has 1 aromatic carbocycles. The molecule has 2 saturated heterocycles. The van der Waals surface area contributed by atoms with Gasteiger partial charge in [0.05, 0.1) is 24.3 Å². The first-order chi connectivity index (χ1) is 32.9. The van der Waals surface area contributed by atoms with Gasteiger partial charge in [-0.1, -0.05) is 43.6 Å². The molecular formula is C46H65ClN10O9S3. The Bertz CT molecular complexity index is 2140. The number of carbonyl (C=O) groups excluding carboxylic acids is 9. The molecule has 23 heteroatoms. The number of nitrogens with two attached hydrogens (primary N) is 3. The van der Waals surface area contributed by atoms with Crippen LogP contribution in [0.4, 0.5) is 0 Å². The second-order valence-electron chi connectivity index (χ2n) is 17.4. The van der Waals surface area contributed by atoms with Gasteiger partial charge in [0.25, 0.3) is 0 Å². The van der Waals surface area contributed by atoms with Gasteiger partial charge in [0.15, 0.2) is 11.7 Å². The molecule has 11 N–H and O–H groups in total. The van der Waals surface area contributed by atoms with Crippen LogP contribution < -0.4 is 43.8 Å². The number of rotatable bonds is 16. The zero-order valence-electron chi connectivity index (χ0n) is 39.2. The van der Waals surface area contributed by atoms with E-state index in [1.165, 1.54) is 39.8 Å². The van der Waals surface area contributed by atoms with Gasteiger partial charge in [0, 0.05) is 66.1 Å². The first-order valence-corrected chi connectivity index (χ1v) is 26.5. The van der Waals surface area contributed by atoms with Gasteiger partial charge in [-0.3, -0.25) is 48.1 Å². The van der Waals surface area contributed by atoms with Gasteiger partial charge < -0.3 is 48.7 Å². The third-order valence-corrected chi connectivity index (χ3v) is 14.9. The number of guanidine groups is 1. The summed E-state index contributed by atoms with van der Waals surface area (Å²) in [5.41, 5.74) is 17.2. The van der Waals surface area contributed by atoms with Gasteiger partial charge in [0.1, 0.15) is 30.0 Å². The number of thiophene rings is 1. The van der Waals surface area contributed by atoms with Crippen molar-refractivity contribution in [3.63, 3.8) is 0 Å². The lowest BCUT2D eigenvalue weighted by atomic mass is 9.91. The molecule has 7 atom stereocenters. The number of halogens is 1. The van der Waals surface area contributed by atoms with Crippen molar-refractivity contribution in [2.24, 2.45) is 39.9 Å². The number of hydrogen-bond donors (Lipinski definition) is 8. The van der Waals surface area contributed by atoms with Gasteiger partial charge in [-0.25, -0.2) is 0 Å². The van der Waals surface area contributed by atoms with E-state index in [0.717, 1.165) is 10.4 Å². The maximum atomic E-state index is 14.6. The van der Waals surface area contributed by atoms with Crippen LogP contribution in [0.1, 0.15) is 76.2 Å². The monoisotopic (exact) mass is 1030 g/mol. The Morgan fingerprint density at radius 2 is 1.62 bits per heavy atom. The van der Waals surface area contributed by atoms with E-state index in [0.29, 0.717) is 30.2 Å². The maximum Gasteiger partial charge on any atom is 0.244 e. The number of benzene rings is 1. The molecule has 4 rings (SSSR count). The van der Waals surface area contributed by atoms with Crippen molar-refractivity contribution in [2.45, 2.75) is 109 Å². The number of carbonyl (C=O) groups is 9. The van der Waals surface area contributed by atoms with Crippen molar-refractivity contribution in [2.75, 3.05) is 36.2 Å².